The summed E-state index contributed by atoms with van der Waals surface area (Å²) in [5.74, 6) is 5.96. The van der Waals surface area contributed by atoms with Crippen LogP contribution in [0, 0.1) is 0 Å². The molecule has 0 aliphatic heterocycles. The zero-order valence-corrected chi connectivity index (χ0v) is 47.7. The molecule has 79 heavy (non-hydrogen) atoms. The van der Waals surface area contributed by atoms with Crippen LogP contribution < -0.4 is 62.0 Å². The Hall–Kier alpha value is -7.24. The van der Waals surface area contributed by atoms with Gasteiger partial charge in [-0.25, -0.2) is 28.2 Å². The van der Waals surface area contributed by atoms with E-state index in [2.05, 4.69) is 87.1 Å². The Morgan fingerprint density at radius 1 is 0.443 bits per heavy atom. The molecule has 0 radical (unpaired) electrons. The van der Waals surface area contributed by atoms with Crippen molar-refractivity contribution < 1.29 is 62.0 Å². The van der Waals surface area contributed by atoms with Crippen LogP contribution in [0.15, 0.2) is 188 Å². The Morgan fingerprint density at radius 3 is 1.18 bits per heavy atom. The number of alkyl halides is 1. The van der Waals surface area contributed by atoms with Gasteiger partial charge < -0.3 is 62.5 Å². The topological polar surface area (TPSA) is 200 Å². The van der Waals surface area contributed by atoms with Crippen LogP contribution in [-0.2, 0) is 33.7 Å². The number of methoxy groups -OCH3 is 4. The van der Waals surface area contributed by atoms with E-state index in [0.717, 1.165) is 108 Å². The van der Waals surface area contributed by atoms with E-state index < -0.39 is 0 Å². The van der Waals surface area contributed by atoms with Gasteiger partial charge in [0.2, 0.25) is 11.9 Å². The van der Waals surface area contributed by atoms with Crippen molar-refractivity contribution in [2.45, 2.75) is 87.9 Å². The van der Waals surface area contributed by atoms with Gasteiger partial charge in [0.25, 0.3) is 0 Å². The summed E-state index contributed by atoms with van der Waals surface area (Å²) in [4.78, 5) is 11.1. The Kier molecular flexibility index (Phi) is 36.4. The van der Waals surface area contributed by atoms with Gasteiger partial charge in [-0.15, -0.1) is 20.5 Å². The Bertz CT molecular complexity index is 2940. The molecular formula is C56H79Br3N16O4. The molecule has 0 amide bonds. The summed E-state index contributed by atoms with van der Waals surface area (Å²) in [6, 6.07) is 29.8. The number of H-pyrrole nitrogens is 1. The van der Waals surface area contributed by atoms with Crippen LogP contribution in [0.4, 0.5) is 46.5 Å². The molecule has 0 aliphatic rings. The predicted octanol–water partition coefficient (Wildman–Crippen LogP) is 9.92. The number of aromatic nitrogens is 8. The van der Waals surface area contributed by atoms with Crippen LogP contribution >= 0.6 is 15.9 Å². The number of unbranched alkanes of at least 4 members (excludes halogenated alkanes) is 4. The largest absolute Gasteiger partial charge is 1.00 e. The minimum Gasteiger partial charge on any atom is -1.00 e. The first-order valence-corrected chi connectivity index (χ1v) is 24.8. The molecule has 0 bridgehead atoms. The van der Waals surface area contributed by atoms with Gasteiger partial charge in [0.15, 0.2) is 0 Å². The number of aryl methyl sites for hydroxylation is 5. The molecule has 0 fully saturated rings. The van der Waals surface area contributed by atoms with E-state index in [1.165, 1.54) is 12.8 Å². The van der Waals surface area contributed by atoms with E-state index in [1.54, 1.807) is 47.0 Å². The SMILES string of the molecule is C.C.C.C.COc1ccc(N=Nc2n(CCCCCBr)cc[n+]2C)cc1.COc1ccc(N=Nc2ncc[nH]2)cc1.COc1ccc(N=Nc2nccn2CCCCCn2cc[n+](C)c2N=Nc2ccc(OC)cc2)cc1.[Br-].[Br-]. The fourth-order valence-corrected chi connectivity index (χ4v) is 7.23. The molecule has 20 nitrogen and oxygen atoms in total. The number of azo groups is 4. The zero-order chi connectivity index (χ0) is 51.5. The van der Waals surface area contributed by atoms with Gasteiger partial charge in [-0.1, -0.05) is 55.9 Å². The minimum absolute atomic E-state index is 0. The second kappa shape index (κ2) is 40.0. The second-order valence-corrected chi connectivity index (χ2v) is 16.8. The molecule has 8 rings (SSSR count). The monoisotopic (exact) mass is 1280 g/mol. The number of rotatable bonds is 23. The zero-order valence-electron chi connectivity index (χ0n) is 42.9. The maximum absolute atomic E-state index is 5.19. The molecule has 1 N–H and O–H groups in total. The van der Waals surface area contributed by atoms with E-state index in [4.69, 9.17) is 18.9 Å². The van der Waals surface area contributed by atoms with Crippen LogP contribution in [0.1, 0.15) is 68.2 Å². The number of benzene rings is 4. The molecule has 4 aromatic carbocycles. The lowest BCUT2D eigenvalue weighted by Crippen LogP contribution is -3.00. The highest BCUT2D eigenvalue weighted by atomic mass is 79.9. The van der Waals surface area contributed by atoms with Gasteiger partial charge in [0.1, 0.15) is 34.4 Å². The molecule has 428 valence electrons. The maximum Gasteiger partial charge on any atom is 0.421 e. The Morgan fingerprint density at radius 2 is 0.810 bits per heavy atom. The van der Waals surface area contributed by atoms with Crippen LogP contribution in [0.3, 0.4) is 0 Å². The van der Waals surface area contributed by atoms with Gasteiger partial charge in [0.05, 0.1) is 91.8 Å². The fourth-order valence-electron chi connectivity index (χ4n) is 6.83. The summed E-state index contributed by atoms with van der Waals surface area (Å²) >= 11 is 3.46. The molecule has 0 saturated heterocycles. The lowest BCUT2D eigenvalue weighted by molar-refractivity contribution is -0.657. The van der Waals surface area contributed by atoms with Crippen molar-refractivity contribution in [2.24, 2.45) is 55.0 Å². The first kappa shape index (κ1) is 71.8. The second-order valence-electron chi connectivity index (χ2n) is 16.0. The van der Waals surface area contributed by atoms with Crippen LogP contribution in [-0.4, -0.2) is 62.4 Å². The third-order valence-corrected chi connectivity index (χ3v) is 11.5. The summed E-state index contributed by atoms with van der Waals surface area (Å²) in [6.07, 6.45) is 21.8. The molecule has 4 aromatic heterocycles. The van der Waals surface area contributed by atoms with Gasteiger partial charge in [-0.2, -0.15) is 0 Å². The molecule has 4 heterocycles. The molecule has 0 saturated carbocycles. The third-order valence-electron chi connectivity index (χ3n) is 10.9. The number of nitrogens with zero attached hydrogens (tertiary/aromatic N) is 15. The first-order chi connectivity index (χ1) is 35.8. The number of hydrogen-bond donors (Lipinski definition) is 1. The van der Waals surface area contributed by atoms with Crippen LogP contribution in [0.25, 0.3) is 0 Å². The van der Waals surface area contributed by atoms with Gasteiger partial charge in [-0.3, -0.25) is 0 Å². The fraction of sp³-hybridized carbons (Fsp3) is 0.357. The number of imidazole rings is 4. The molecule has 0 spiro atoms. The summed E-state index contributed by atoms with van der Waals surface area (Å²) < 4.78 is 30.8. The average molecular weight is 1280 g/mol. The smallest absolute Gasteiger partial charge is 0.421 e. The highest BCUT2D eigenvalue weighted by Crippen LogP contribution is 2.24. The standard InChI is InChI=1S/C26H31N8O2.C16H22BrN4O.C10H10N4O.4CH4.2BrH/c1-32-19-20-34(26(32)31-29-22-9-13-24(36-3)14-10-22)17-6-4-5-16-33-18-15-27-25(33)30-28-21-7-11-23(35-2)12-8-21;1-20-12-13-21(11-5-3-4-10-17)16(20)19-18-14-6-8-15(22-2)9-7-14;1-15-9-4-2-8(3-5-9)13-14-10-11-6-7-12-10;;;;;;/h7-15,18-20H,4-6,16-17H2,1-3H3;6-9,12-13H,3-5,10-11H2,1-2H3;2-7H,1H3,(H,11,12);4*1H4;2*1H/q2*+1;;;;;;;/p-2. The van der Waals surface area contributed by atoms with Crippen molar-refractivity contribution in [1.29, 1.82) is 0 Å². The third kappa shape index (κ3) is 24.1. The van der Waals surface area contributed by atoms with E-state index >= 15 is 0 Å². The molecule has 0 aliphatic carbocycles. The van der Waals surface area contributed by atoms with Gasteiger partial charge in [-0.05, 0) is 136 Å². The summed E-state index contributed by atoms with van der Waals surface area (Å²) in [7, 11) is 10.5. The summed E-state index contributed by atoms with van der Waals surface area (Å²) in [5, 5.41) is 35.1. The van der Waals surface area contributed by atoms with E-state index in [9.17, 15) is 0 Å². The maximum atomic E-state index is 5.19. The van der Waals surface area contributed by atoms with E-state index in [0.29, 0.717) is 11.9 Å². The molecular weight excluding hydrogens is 1200 g/mol. The highest BCUT2D eigenvalue weighted by Gasteiger charge is 2.15. The van der Waals surface area contributed by atoms with E-state index in [-0.39, 0.29) is 63.7 Å². The minimum atomic E-state index is 0. The van der Waals surface area contributed by atoms with Crippen molar-refractivity contribution in [3.63, 3.8) is 0 Å². The van der Waals surface area contributed by atoms with Gasteiger partial charge in [0, 0.05) is 46.9 Å². The lowest BCUT2D eigenvalue weighted by Gasteiger charge is -2.04. The summed E-state index contributed by atoms with van der Waals surface area (Å²) in [6.45, 7) is 2.66. The lowest BCUT2D eigenvalue weighted by atomic mass is 10.2. The number of nitrogens with one attached hydrogen (secondary N) is 1. The Labute approximate surface area is 496 Å². The first-order valence-electron chi connectivity index (χ1n) is 23.7. The van der Waals surface area contributed by atoms with Crippen molar-refractivity contribution in [1.82, 2.24) is 28.7 Å². The van der Waals surface area contributed by atoms with Crippen LogP contribution in [0.2, 0.25) is 0 Å². The number of halogens is 3. The number of aromatic amines is 1. The average Bonchev–Trinajstić information content (AvgIpc) is 4.27. The van der Waals surface area contributed by atoms with Gasteiger partial charge >= 0.3 is 11.9 Å². The molecule has 23 heteroatoms. The van der Waals surface area contributed by atoms with Crippen molar-refractivity contribution >= 4 is 62.5 Å². The van der Waals surface area contributed by atoms with Crippen molar-refractivity contribution in [3.05, 3.63) is 147 Å². The van der Waals surface area contributed by atoms with E-state index in [1.807, 2.05) is 150 Å². The quantitative estimate of drug-likeness (QED) is 0.0286. The van der Waals surface area contributed by atoms with Crippen molar-refractivity contribution in [2.75, 3.05) is 33.8 Å². The molecule has 8 aromatic rings. The predicted molar refractivity (Wildman–Crippen MR) is 309 cm³/mol. The normalized spacial score (nSPS) is 10.4. The number of ether oxygens (including phenoxy) is 4. The van der Waals surface area contributed by atoms with Crippen molar-refractivity contribution in [3.8, 4) is 23.0 Å². The highest BCUT2D eigenvalue weighted by molar-refractivity contribution is 9.09. The summed E-state index contributed by atoms with van der Waals surface area (Å²) in [5.41, 5.74) is 3.11. The number of hydrogen-bond acceptors (Lipinski definition) is 14. The molecule has 0 unspecified atom stereocenters. The molecule has 0 atom stereocenters. The van der Waals surface area contributed by atoms with Crippen LogP contribution in [0.5, 0.6) is 23.0 Å². The Balaban J connectivity index is 0.00000122.